The first-order valence-corrected chi connectivity index (χ1v) is 8.51. The standard InChI is InChI=1S/C17H25N5O2/c1-12(6-8-14-9-7-13(2)24-14)19-17(23)22-10-4-5-15(22)16-20-18-11-21(16)3/h7,9,11-12,15H,4-6,8,10H2,1-3H3,(H,19,23)/t12-,15-/m0/s1. The lowest BCUT2D eigenvalue weighted by Gasteiger charge is -2.26. The Morgan fingerprint density at radius 2 is 2.33 bits per heavy atom. The molecule has 1 aliphatic heterocycles. The number of aromatic nitrogens is 3. The number of aryl methyl sites for hydroxylation is 3. The van der Waals surface area contributed by atoms with Gasteiger partial charge in [-0.3, -0.25) is 0 Å². The molecule has 2 amide bonds. The third-order valence-electron chi connectivity index (χ3n) is 4.55. The Bertz CT molecular complexity index is 693. The molecule has 1 N–H and O–H groups in total. The third kappa shape index (κ3) is 3.60. The fraction of sp³-hybridized carbons (Fsp3) is 0.588. The van der Waals surface area contributed by atoms with E-state index in [2.05, 4.69) is 15.5 Å². The van der Waals surface area contributed by atoms with Crippen LogP contribution < -0.4 is 5.32 Å². The summed E-state index contributed by atoms with van der Waals surface area (Å²) in [6.07, 6.45) is 5.27. The second-order valence-electron chi connectivity index (χ2n) is 6.55. The summed E-state index contributed by atoms with van der Waals surface area (Å²) in [6, 6.07) is 4.03. The van der Waals surface area contributed by atoms with Gasteiger partial charge in [-0.25, -0.2) is 4.79 Å². The zero-order valence-electron chi connectivity index (χ0n) is 14.5. The van der Waals surface area contributed by atoms with Crippen LogP contribution in [0.15, 0.2) is 22.9 Å². The first-order valence-electron chi connectivity index (χ1n) is 8.51. The van der Waals surface area contributed by atoms with Gasteiger partial charge in [-0.1, -0.05) is 0 Å². The minimum atomic E-state index is -0.0244. The number of nitrogens with zero attached hydrogens (tertiary/aromatic N) is 4. The van der Waals surface area contributed by atoms with E-state index in [0.717, 1.165) is 49.6 Å². The van der Waals surface area contributed by atoms with E-state index in [1.54, 1.807) is 6.33 Å². The fourth-order valence-corrected chi connectivity index (χ4v) is 3.22. The van der Waals surface area contributed by atoms with E-state index in [-0.39, 0.29) is 18.1 Å². The lowest BCUT2D eigenvalue weighted by Crippen LogP contribution is -2.44. The van der Waals surface area contributed by atoms with Crippen molar-refractivity contribution >= 4 is 6.03 Å². The summed E-state index contributed by atoms with van der Waals surface area (Å²) >= 11 is 0. The molecule has 1 saturated heterocycles. The number of amides is 2. The van der Waals surface area contributed by atoms with E-state index >= 15 is 0 Å². The van der Waals surface area contributed by atoms with E-state index in [4.69, 9.17) is 4.42 Å². The maximum absolute atomic E-state index is 12.6. The molecule has 0 bridgehead atoms. The van der Waals surface area contributed by atoms with Gasteiger partial charge in [0.25, 0.3) is 0 Å². The lowest BCUT2D eigenvalue weighted by molar-refractivity contribution is 0.186. The molecule has 0 aromatic carbocycles. The van der Waals surface area contributed by atoms with Gasteiger partial charge >= 0.3 is 6.03 Å². The Morgan fingerprint density at radius 1 is 1.50 bits per heavy atom. The molecule has 0 unspecified atom stereocenters. The zero-order valence-corrected chi connectivity index (χ0v) is 14.5. The minimum absolute atomic E-state index is 0.0115. The van der Waals surface area contributed by atoms with E-state index in [9.17, 15) is 4.79 Å². The molecule has 3 rings (SSSR count). The Labute approximate surface area is 142 Å². The molecule has 7 nitrogen and oxygen atoms in total. The molecule has 1 fully saturated rings. The van der Waals surface area contributed by atoms with Gasteiger partial charge in [-0.2, -0.15) is 0 Å². The SMILES string of the molecule is Cc1ccc(CC[C@H](C)NC(=O)N2CCC[C@H]2c2nncn2C)o1. The van der Waals surface area contributed by atoms with Crippen LogP contribution in [0.4, 0.5) is 4.79 Å². The van der Waals surface area contributed by atoms with E-state index < -0.39 is 0 Å². The molecule has 24 heavy (non-hydrogen) atoms. The van der Waals surface area contributed by atoms with Crippen LogP contribution in [-0.2, 0) is 13.5 Å². The Hall–Kier alpha value is -2.31. The number of carbonyl (C=O) groups is 1. The quantitative estimate of drug-likeness (QED) is 0.913. The lowest BCUT2D eigenvalue weighted by atomic mass is 10.1. The van der Waals surface area contributed by atoms with E-state index in [1.165, 1.54) is 0 Å². The van der Waals surface area contributed by atoms with Crippen LogP contribution in [0.2, 0.25) is 0 Å². The van der Waals surface area contributed by atoms with Crippen molar-refractivity contribution in [2.75, 3.05) is 6.54 Å². The van der Waals surface area contributed by atoms with E-state index in [1.807, 2.05) is 42.5 Å². The van der Waals surface area contributed by atoms with Crippen LogP contribution in [0.5, 0.6) is 0 Å². The molecule has 0 saturated carbocycles. The summed E-state index contributed by atoms with van der Waals surface area (Å²) in [6.45, 7) is 4.73. The summed E-state index contributed by atoms with van der Waals surface area (Å²) in [5.74, 6) is 2.73. The second-order valence-corrected chi connectivity index (χ2v) is 6.55. The molecule has 0 radical (unpaired) electrons. The van der Waals surface area contributed by atoms with Crippen LogP contribution in [0.3, 0.4) is 0 Å². The van der Waals surface area contributed by atoms with Crippen LogP contribution in [-0.4, -0.2) is 38.3 Å². The number of likely N-dealkylation sites (tertiary alicyclic amines) is 1. The Balaban J connectivity index is 1.54. The fourth-order valence-electron chi connectivity index (χ4n) is 3.22. The van der Waals surface area contributed by atoms with Crippen molar-refractivity contribution in [2.45, 2.75) is 51.6 Å². The number of hydrogen-bond acceptors (Lipinski definition) is 4. The predicted octanol–water partition coefficient (Wildman–Crippen LogP) is 2.58. The van der Waals surface area contributed by atoms with Gasteiger partial charge < -0.3 is 19.2 Å². The number of carbonyl (C=O) groups excluding carboxylic acids is 1. The number of furan rings is 1. The highest BCUT2D eigenvalue weighted by molar-refractivity contribution is 5.75. The largest absolute Gasteiger partial charge is 0.466 e. The monoisotopic (exact) mass is 331 g/mol. The van der Waals surface area contributed by atoms with Crippen molar-refractivity contribution in [3.63, 3.8) is 0 Å². The number of rotatable bonds is 5. The average Bonchev–Trinajstić information content (AvgIpc) is 3.25. The van der Waals surface area contributed by atoms with Crippen molar-refractivity contribution in [3.8, 4) is 0 Å². The maximum Gasteiger partial charge on any atom is 0.318 e. The summed E-state index contributed by atoms with van der Waals surface area (Å²) in [5, 5.41) is 11.2. The van der Waals surface area contributed by atoms with Gasteiger partial charge in [-0.15, -0.1) is 10.2 Å². The number of urea groups is 1. The highest BCUT2D eigenvalue weighted by atomic mass is 16.3. The van der Waals surface area contributed by atoms with Crippen LogP contribution in [0, 0.1) is 6.92 Å². The Kier molecular flexibility index (Phi) is 4.87. The minimum Gasteiger partial charge on any atom is -0.466 e. The molecule has 0 aliphatic carbocycles. The molecule has 2 aromatic heterocycles. The molecule has 3 heterocycles. The highest BCUT2D eigenvalue weighted by Gasteiger charge is 2.33. The van der Waals surface area contributed by atoms with Crippen LogP contribution in [0.25, 0.3) is 0 Å². The first-order chi connectivity index (χ1) is 11.5. The van der Waals surface area contributed by atoms with Crippen molar-refractivity contribution in [1.82, 2.24) is 25.0 Å². The summed E-state index contributed by atoms with van der Waals surface area (Å²) in [7, 11) is 1.91. The molecule has 7 heteroatoms. The van der Waals surface area contributed by atoms with Gasteiger partial charge in [-0.05, 0) is 45.2 Å². The maximum atomic E-state index is 12.6. The zero-order chi connectivity index (χ0) is 17.1. The second kappa shape index (κ2) is 7.07. The predicted molar refractivity (Wildman–Crippen MR) is 89.4 cm³/mol. The van der Waals surface area contributed by atoms with Gasteiger partial charge in [0.2, 0.25) is 0 Å². The molecule has 0 spiro atoms. The van der Waals surface area contributed by atoms with Crippen LogP contribution >= 0.6 is 0 Å². The Morgan fingerprint density at radius 3 is 3.00 bits per heavy atom. The topological polar surface area (TPSA) is 76.2 Å². The first kappa shape index (κ1) is 16.5. The average molecular weight is 331 g/mol. The summed E-state index contributed by atoms with van der Waals surface area (Å²) < 4.78 is 7.46. The number of nitrogens with one attached hydrogen (secondary N) is 1. The third-order valence-corrected chi connectivity index (χ3v) is 4.55. The van der Waals surface area contributed by atoms with Crippen molar-refractivity contribution in [2.24, 2.45) is 7.05 Å². The summed E-state index contributed by atoms with van der Waals surface area (Å²) in [5.41, 5.74) is 0. The van der Waals surface area contributed by atoms with Gasteiger partial charge in [0.1, 0.15) is 17.8 Å². The van der Waals surface area contributed by atoms with Gasteiger partial charge in [0.05, 0.1) is 6.04 Å². The normalized spacial score (nSPS) is 18.8. The summed E-state index contributed by atoms with van der Waals surface area (Å²) in [4.78, 5) is 14.5. The van der Waals surface area contributed by atoms with Crippen molar-refractivity contribution in [3.05, 3.63) is 35.8 Å². The molecular weight excluding hydrogens is 306 g/mol. The van der Waals surface area contributed by atoms with Crippen LogP contribution in [0.1, 0.15) is 49.6 Å². The number of hydrogen-bond donors (Lipinski definition) is 1. The van der Waals surface area contributed by atoms with Crippen molar-refractivity contribution in [1.29, 1.82) is 0 Å². The highest BCUT2D eigenvalue weighted by Crippen LogP contribution is 2.30. The molecule has 1 aliphatic rings. The van der Waals surface area contributed by atoms with E-state index in [0.29, 0.717) is 0 Å². The molecule has 2 aromatic rings. The smallest absolute Gasteiger partial charge is 0.318 e. The van der Waals surface area contributed by atoms with Gasteiger partial charge in [0, 0.05) is 26.1 Å². The van der Waals surface area contributed by atoms with Crippen molar-refractivity contribution < 1.29 is 9.21 Å². The molecule has 130 valence electrons. The molecular formula is C17H25N5O2. The molecule has 2 atom stereocenters. The van der Waals surface area contributed by atoms with Gasteiger partial charge in [0.15, 0.2) is 5.82 Å².